The first-order valence-corrected chi connectivity index (χ1v) is 15.3. The van der Waals surface area contributed by atoms with Gasteiger partial charge in [0.25, 0.3) is 5.56 Å². The Morgan fingerprint density at radius 1 is 0.897 bits per heavy atom. The number of carboxylic acid groups (broad SMARTS) is 1. The molecule has 2 aromatic rings. The molecule has 1 aromatic heterocycles. The normalized spacial score (nSPS) is 36.8. The molecule has 7 rings (SSSR count). The summed E-state index contributed by atoms with van der Waals surface area (Å²) in [5, 5.41) is 9.86. The van der Waals surface area contributed by atoms with Crippen molar-refractivity contribution < 1.29 is 14.6 Å². The monoisotopic (exact) mass is 534 g/mol. The molecule has 1 aromatic carbocycles. The summed E-state index contributed by atoms with van der Waals surface area (Å²) in [5.74, 6) is 1.07. The Balaban J connectivity index is 1.22. The number of rotatable bonds is 5. The molecular weight excluding hydrogens is 492 g/mol. The highest BCUT2D eigenvalue weighted by Gasteiger charge is 2.48. The third kappa shape index (κ3) is 4.38. The molecule has 3 aliphatic heterocycles. The molecule has 0 amide bonds. The highest BCUT2D eigenvalue weighted by Crippen LogP contribution is 2.47. The topological polar surface area (TPSA) is 87.9 Å². The van der Waals surface area contributed by atoms with Crippen LogP contribution in [0.2, 0.25) is 0 Å². The van der Waals surface area contributed by atoms with E-state index in [9.17, 15) is 14.7 Å². The van der Waals surface area contributed by atoms with Crippen LogP contribution in [0.3, 0.4) is 0 Å². The fourth-order valence-electron chi connectivity index (χ4n) is 9.18. The average Bonchev–Trinajstić information content (AvgIpc) is 3.06. The van der Waals surface area contributed by atoms with E-state index < -0.39 is 18.1 Å². The highest BCUT2D eigenvalue weighted by molar-refractivity contribution is 5.83. The molecule has 39 heavy (non-hydrogen) atoms. The lowest BCUT2D eigenvalue weighted by molar-refractivity contribution is -0.145. The van der Waals surface area contributed by atoms with Crippen LogP contribution < -0.4 is 10.5 Å². The SMILES string of the molecule is CO[C@H]1CN(c2nc3ccccc3n([C@H]3C[C@H]4CCC[C@@H](C3)N4[C@@H]3C[C@@H]4CCCC[C@@H](C4)C3)c2=O)[C@@H]1C(=O)O. The molecule has 3 saturated heterocycles. The first kappa shape index (κ1) is 25.5. The number of nitrogens with zero attached hydrogens (tertiary/aromatic N) is 4. The largest absolute Gasteiger partial charge is 0.480 e. The van der Waals surface area contributed by atoms with Gasteiger partial charge in [-0.1, -0.05) is 44.2 Å². The van der Waals surface area contributed by atoms with Gasteiger partial charge < -0.3 is 19.3 Å². The number of ether oxygens (including phenoxy) is 1. The number of carbonyl (C=O) groups is 1. The van der Waals surface area contributed by atoms with Crippen molar-refractivity contribution in [3.8, 4) is 0 Å². The quantitative estimate of drug-likeness (QED) is 0.600. The number of aliphatic carboxylic acids is 1. The number of carboxylic acids is 1. The summed E-state index contributed by atoms with van der Waals surface area (Å²) in [4.78, 5) is 35.5. The van der Waals surface area contributed by atoms with Gasteiger partial charge in [-0.25, -0.2) is 9.78 Å². The van der Waals surface area contributed by atoms with Crippen LogP contribution in [-0.2, 0) is 9.53 Å². The molecule has 0 radical (unpaired) electrons. The number of anilines is 1. The molecule has 5 fully saturated rings. The van der Waals surface area contributed by atoms with Gasteiger partial charge in [0.05, 0.1) is 11.0 Å². The maximum Gasteiger partial charge on any atom is 0.329 e. The summed E-state index contributed by atoms with van der Waals surface area (Å²) in [7, 11) is 1.53. The Labute approximate surface area is 230 Å². The molecule has 8 atom stereocenters. The molecule has 4 heterocycles. The van der Waals surface area contributed by atoms with Gasteiger partial charge in [0, 0.05) is 37.8 Å². The van der Waals surface area contributed by atoms with Crippen LogP contribution in [0, 0.1) is 11.8 Å². The number of methoxy groups -OCH3 is 1. The predicted octanol–water partition coefficient (Wildman–Crippen LogP) is 4.60. The van der Waals surface area contributed by atoms with Crippen LogP contribution in [0.25, 0.3) is 11.0 Å². The zero-order valence-corrected chi connectivity index (χ0v) is 23.1. The van der Waals surface area contributed by atoms with Crippen LogP contribution in [0.4, 0.5) is 5.82 Å². The van der Waals surface area contributed by atoms with Gasteiger partial charge in [0.15, 0.2) is 11.9 Å². The first-order valence-electron chi connectivity index (χ1n) is 15.3. The second-order valence-corrected chi connectivity index (χ2v) is 13.0. The first-order chi connectivity index (χ1) is 19.0. The van der Waals surface area contributed by atoms with Gasteiger partial charge in [0.2, 0.25) is 0 Å². The van der Waals surface area contributed by atoms with E-state index in [2.05, 4.69) is 4.90 Å². The summed E-state index contributed by atoms with van der Waals surface area (Å²) in [6, 6.07) is 8.81. The van der Waals surface area contributed by atoms with E-state index in [0.29, 0.717) is 24.7 Å². The summed E-state index contributed by atoms with van der Waals surface area (Å²) < 4.78 is 7.36. The summed E-state index contributed by atoms with van der Waals surface area (Å²) in [6.45, 7) is 0.363. The average molecular weight is 535 g/mol. The number of fused-ring (bicyclic) bond motifs is 5. The number of hydrogen-bond donors (Lipinski definition) is 1. The van der Waals surface area contributed by atoms with E-state index >= 15 is 0 Å². The minimum atomic E-state index is -0.982. The lowest BCUT2D eigenvalue weighted by Crippen LogP contribution is -2.66. The molecule has 4 bridgehead atoms. The maximum atomic E-state index is 14.2. The summed E-state index contributed by atoms with van der Waals surface area (Å²) in [6.07, 6.45) is 15.1. The van der Waals surface area contributed by atoms with Gasteiger partial charge in [-0.2, -0.15) is 0 Å². The Hall–Kier alpha value is -2.45. The second kappa shape index (κ2) is 10.2. The van der Waals surface area contributed by atoms with Crippen LogP contribution in [0.1, 0.15) is 83.1 Å². The van der Waals surface area contributed by atoms with Crippen molar-refractivity contribution in [2.75, 3.05) is 18.6 Å². The molecular formula is C31H42N4O4. The fraction of sp³-hybridized carbons (Fsp3) is 0.710. The maximum absolute atomic E-state index is 14.2. The number of benzene rings is 1. The van der Waals surface area contributed by atoms with Gasteiger partial charge >= 0.3 is 5.97 Å². The molecule has 8 heteroatoms. The van der Waals surface area contributed by atoms with Crippen LogP contribution in [-0.4, -0.2) is 69.5 Å². The molecule has 0 unspecified atom stereocenters. The van der Waals surface area contributed by atoms with E-state index in [1.807, 2.05) is 28.8 Å². The molecule has 2 aliphatic carbocycles. The summed E-state index contributed by atoms with van der Waals surface area (Å²) >= 11 is 0. The minimum absolute atomic E-state index is 0.101. The smallest absolute Gasteiger partial charge is 0.329 e. The molecule has 1 N–H and O–H groups in total. The number of aromatic nitrogens is 2. The van der Waals surface area contributed by atoms with Crippen molar-refractivity contribution >= 4 is 22.8 Å². The van der Waals surface area contributed by atoms with Crippen molar-refractivity contribution in [1.82, 2.24) is 14.5 Å². The van der Waals surface area contributed by atoms with Gasteiger partial charge in [-0.05, 0) is 68.9 Å². The number of piperidine rings is 2. The van der Waals surface area contributed by atoms with Crippen LogP contribution in [0.5, 0.6) is 0 Å². The molecule has 210 valence electrons. The lowest BCUT2D eigenvalue weighted by atomic mass is 9.73. The van der Waals surface area contributed by atoms with Crippen molar-refractivity contribution in [2.24, 2.45) is 11.8 Å². The molecule has 5 aliphatic rings. The number of hydrogen-bond acceptors (Lipinski definition) is 6. The second-order valence-electron chi connectivity index (χ2n) is 13.0. The molecule has 2 saturated carbocycles. The third-order valence-corrected chi connectivity index (χ3v) is 10.8. The van der Waals surface area contributed by atoms with Crippen molar-refractivity contribution in [2.45, 2.75) is 113 Å². The fourth-order valence-corrected chi connectivity index (χ4v) is 9.18. The van der Waals surface area contributed by atoms with Crippen molar-refractivity contribution in [3.63, 3.8) is 0 Å². The standard InChI is InChI=1S/C31H42N4O4/c1-39-27-18-33(28(27)31(37)38)29-30(36)35(26-12-5-4-11-25(26)32-29)24-16-21-9-6-10-22(17-24)34(21)23-14-19-7-2-3-8-20(13-19)15-23/h4-5,11-12,19-24,27-28H,2-3,6-10,13-18H2,1H3,(H,37,38)/t19-,20+,21-,22+,23-,24+,27-,28-/m0/s1. The summed E-state index contributed by atoms with van der Waals surface area (Å²) in [5.41, 5.74) is 1.46. The van der Waals surface area contributed by atoms with E-state index in [-0.39, 0.29) is 17.4 Å². The van der Waals surface area contributed by atoms with Crippen LogP contribution in [0.15, 0.2) is 29.1 Å². The van der Waals surface area contributed by atoms with E-state index in [1.54, 1.807) is 4.90 Å². The van der Waals surface area contributed by atoms with E-state index in [4.69, 9.17) is 9.72 Å². The highest BCUT2D eigenvalue weighted by atomic mass is 16.5. The zero-order valence-electron chi connectivity index (χ0n) is 23.1. The third-order valence-electron chi connectivity index (χ3n) is 10.8. The van der Waals surface area contributed by atoms with Gasteiger partial charge in [0.1, 0.15) is 6.10 Å². The molecule has 0 spiro atoms. The van der Waals surface area contributed by atoms with E-state index in [0.717, 1.165) is 35.7 Å². The van der Waals surface area contributed by atoms with E-state index in [1.165, 1.54) is 71.3 Å². The Bertz CT molecular complexity index is 1270. The lowest BCUT2D eigenvalue weighted by Gasteiger charge is -2.54. The number of para-hydroxylation sites is 2. The Morgan fingerprint density at radius 3 is 2.26 bits per heavy atom. The van der Waals surface area contributed by atoms with Crippen molar-refractivity contribution in [1.29, 1.82) is 0 Å². The Kier molecular flexibility index (Phi) is 6.66. The van der Waals surface area contributed by atoms with Crippen molar-refractivity contribution in [3.05, 3.63) is 34.6 Å². The Morgan fingerprint density at radius 2 is 1.59 bits per heavy atom. The zero-order chi connectivity index (χ0) is 26.7. The minimum Gasteiger partial charge on any atom is -0.480 e. The predicted molar refractivity (Wildman–Crippen MR) is 150 cm³/mol. The molecule has 8 nitrogen and oxygen atoms in total. The van der Waals surface area contributed by atoms with Gasteiger partial charge in [-0.3, -0.25) is 9.69 Å². The van der Waals surface area contributed by atoms with Gasteiger partial charge in [-0.15, -0.1) is 0 Å². The van der Waals surface area contributed by atoms with Crippen LogP contribution >= 0.6 is 0 Å².